The van der Waals surface area contributed by atoms with E-state index in [1.54, 1.807) is 6.07 Å². The molecule has 0 saturated carbocycles. The van der Waals surface area contributed by atoms with Gasteiger partial charge in [0.25, 0.3) is 5.56 Å². The van der Waals surface area contributed by atoms with Crippen LogP contribution in [0.25, 0.3) is 17.0 Å². The second-order valence-corrected chi connectivity index (χ2v) is 6.20. The number of hydrogen-bond donors (Lipinski definition) is 2. The van der Waals surface area contributed by atoms with E-state index >= 15 is 0 Å². The first-order valence-corrected chi connectivity index (χ1v) is 8.65. The van der Waals surface area contributed by atoms with E-state index in [1.165, 1.54) is 12.2 Å². The number of aromatic nitrogens is 1. The van der Waals surface area contributed by atoms with Crippen molar-refractivity contribution in [2.45, 2.75) is 6.42 Å². The number of para-hydroxylation sites is 1. The molecule has 0 radical (unpaired) electrons. The van der Waals surface area contributed by atoms with Crippen LogP contribution < -0.4 is 20.3 Å². The summed E-state index contributed by atoms with van der Waals surface area (Å²) in [5.41, 5.74) is 2.04. The molecular formula is C21H18N2O4. The zero-order chi connectivity index (χ0) is 18.6. The maximum atomic E-state index is 12.1. The van der Waals surface area contributed by atoms with Crippen molar-refractivity contribution in [1.29, 1.82) is 0 Å². The fourth-order valence-corrected chi connectivity index (χ4v) is 2.94. The number of aromatic amines is 1. The van der Waals surface area contributed by atoms with Gasteiger partial charge < -0.3 is 19.8 Å². The molecule has 1 aliphatic heterocycles. The van der Waals surface area contributed by atoms with E-state index in [1.807, 2.05) is 42.5 Å². The molecule has 0 aliphatic carbocycles. The summed E-state index contributed by atoms with van der Waals surface area (Å²) in [4.78, 5) is 26.9. The summed E-state index contributed by atoms with van der Waals surface area (Å²) in [7, 11) is 0. The Labute approximate surface area is 155 Å². The highest BCUT2D eigenvalue weighted by Crippen LogP contribution is 2.32. The number of hydrogen-bond acceptors (Lipinski definition) is 4. The van der Waals surface area contributed by atoms with Crippen molar-refractivity contribution in [3.63, 3.8) is 0 Å². The monoisotopic (exact) mass is 362 g/mol. The molecule has 0 atom stereocenters. The molecule has 0 spiro atoms. The van der Waals surface area contributed by atoms with E-state index in [9.17, 15) is 9.59 Å². The SMILES string of the molecule is O=C(/C=C/c1cc2ccccc2[nH]c1=O)NCCc1ccc2c(c1)OCO2. The summed E-state index contributed by atoms with van der Waals surface area (Å²) in [6.07, 6.45) is 3.58. The summed E-state index contributed by atoms with van der Waals surface area (Å²) >= 11 is 0. The third-order valence-electron chi connectivity index (χ3n) is 4.35. The fourth-order valence-electron chi connectivity index (χ4n) is 2.94. The van der Waals surface area contributed by atoms with E-state index in [2.05, 4.69) is 10.3 Å². The van der Waals surface area contributed by atoms with Gasteiger partial charge in [0, 0.05) is 23.7 Å². The largest absolute Gasteiger partial charge is 0.454 e. The van der Waals surface area contributed by atoms with Crippen LogP contribution in [0.5, 0.6) is 11.5 Å². The van der Waals surface area contributed by atoms with Gasteiger partial charge in [-0.15, -0.1) is 0 Å². The average molecular weight is 362 g/mol. The molecule has 136 valence electrons. The minimum atomic E-state index is -0.247. The third kappa shape index (κ3) is 3.84. The first-order chi connectivity index (χ1) is 13.2. The Morgan fingerprint density at radius 3 is 2.89 bits per heavy atom. The minimum absolute atomic E-state index is 0.224. The van der Waals surface area contributed by atoms with Gasteiger partial charge in [-0.1, -0.05) is 24.3 Å². The molecule has 1 aromatic heterocycles. The molecular weight excluding hydrogens is 344 g/mol. The lowest BCUT2D eigenvalue weighted by molar-refractivity contribution is -0.116. The van der Waals surface area contributed by atoms with Gasteiger partial charge in [-0.05, 0) is 47.7 Å². The van der Waals surface area contributed by atoms with Gasteiger partial charge in [-0.25, -0.2) is 0 Å². The number of fused-ring (bicyclic) bond motifs is 2. The van der Waals surface area contributed by atoms with Gasteiger partial charge >= 0.3 is 0 Å². The van der Waals surface area contributed by atoms with E-state index < -0.39 is 0 Å². The molecule has 6 heteroatoms. The molecule has 1 aliphatic rings. The Balaban J connectivity index is 1.35. The van der Waals surface area contributed by atoms with Crippen LogP contribution in [0.2, 0.25) is 0 Å². The minimum Gasteiger partial charge on any atom is -0.454 e. The Morgan fingerprint density at radius 2 is 1.96 bits per heavy atom. The summed E-state index contributed by atoms with van der Waals surface area (Å²) in [5, 5.41) is 3.73. The predicted octanol–water partition coefficient (Wildman–Crippen LogP) is 2.63. The van der Waals surface area contributed by atoms with Gasteiger partial charge in [-0.2, -0.15) is 0 Å². The quantitative estimate of drug-likeness (QED) is 0.684. The zero-order valence-corrected chi connectivity index (χ0v) is 14.5. The number of nitrogens with one attached hydrogen (secondary N) is 2. The lowest BCUT2D eigenvalue weighted by Gasteiger charge is -2.04. The van der Waals surface area contributed by atoms with Crippen molar-refractivity contribution in [3.05, 3.63) is 76.1 Å². The predicted molar refractivity (Wildman–Crippen MR) is 103 cm³/mol. The van der Waals surface area contributed by atoms with Crippen LogP contribution in [-0.2, 0) is 11.2 Å². The molecule has 2 aromatic carbocycles. The maximum absolute atomic E-state index is 12.1. The standard InChI is InChI=1S/C21H18N2O4/c24-20(22-10-9-14-5-7-18-19(11-14)27-13-26-18)8-6-16-12-15-3-1-2-4-17(15)23-21(16)25/h1-8,11-12H,9-10,13H2,(H,22,24)(H,23,25)/b8-6+. The van der Waals surface area contributed by atoms with E-state index in [-0.39, 0.29) is 18.3 Å². The third-order valence-corrected chi connectivity index (χ3v) is 4.35. The molecule has 3 aromatic rings. The Kier molecular flexibility index (Phi) is 4.61. The molecule has 4 rings (SSSR count). The van der Waals surface area contributed by atoms with Crippen LogP contribution in [0.15, 0.2) is 59.4 Å². The number of rotatable bonds is 5. The first-order valence-electron chi connectivity index (χ1n) is 8.65. The highest BCUT2D eigenvalue weighted by molar-refractivity contribution is 5.92. The zero-order valence-electron chi connectivity index (χ0n) is 14.5. The van der Waals surface area contributed by atoms with E-state index in [4.69, 9.17) is 9.47 Å². The molecule has 0 saturated heterocycles. The summed E-state index contributed by atoms with van der Waals surface area (Å²) in [6.45, 7) is 0.727. The van der Waals surface area contributed by atoms with Crippen LogP contribution in [0.1, 0.15) is 11.1 Å². The summed E-state index contributed by atoms with van der Waals surface area (Å²) in [6, 6.07) is 15.0. The van der Waals surface area contributed by atoms with E-state index in [0.29, 0.717) is 18.5 Å². The maximum Gasteiger partial charge on any atom is 0.255 e. The van der Waals surface area contributed by atoms with Gasteiger partial charge in [0.15, 0.2) is 11.5 Å². The normalized spacial score (nSPS) is 12.6. The lowest BCUT2D eigenvalue weighted by atomic mass is 10.1. The Bertz CT molecular complexity index is 1080. The molecule has 2 N–H and O–H groups in total. The van der Waals surface area contributed by atoms with Gasteiger partial charge in [0.1, 0.15) is 0 Å². The van der Waals surface area contributed by atoms with Crippen molar-refractivity contribution >= 4 is 22.9 Å². The van der Waals surface area contributed by atoms with E-state index in [0.717, 1.165) is 28.0 Å². The number of benzene rings is 2. The summed E-state index contributed by atoms with van der Waals surface area (Å²) < 4.78 is 10.6. The van der Waals surface area contributed by atoms with Crippen LogP contribution in [-0.4, -0.2) is 24.2 Å². The number of amides is 1. The molecule has 1 amide bonds. The first kappa shape index (κ1) is 16.9. The van der Waals surface area contributed by atoms with Crippen molar-refractivity contribution < 1.29 is 14.3 Å². The smallest absolute Gasteiger partial charge is 0.255 e. The van der Waals surface area contributed by atoms with Crippen molar-refractivity contribution in [2.75, 3.05) is 13.3 Å². The highest BCUT2D eigenvalue weighted by atomic mass is 16.7. The molecule has 0 unspecified atom stereocenters. The molecule has 0 bridgehead atoms. The number of ether oxygens (including phenoxy) is 2. The number of carbonyl (C=O) groups excluding carboxylic acids is 1. The van der Waals surface area contributed by atoms with Crippen LogP contribution in [0, 0.1) is 0 Å². The van der Waals surface area contributed by atoms with Crippen LogP contribution in [0.4, 0.5) is 0 Å². The Hall–Kier alpha value is -3.54. The summed E-state index contributed by atoms with van der Waals surface area (Å²) in [5.74, 6) is 1.23. The second kappa shape index (κ2) is 7.37. The van der Waals surface area contributed by atoms with Crippen LogP contribution in [0.3, 0.4) is 0 Å². The number of pyridine rings is 1. The van der Waals surface area contributed by atoms with Crippen molar-refractivity contribution in [1.82, 2.24) is 10.3 Å². The number of H-pyrrole nitrogens is 1. The highest BCUT2D eigenvalue weighted by Gasteiger charge is 2.12. The van der Waals surface area contributed by atoms with Crippen molar-refractivity contribution in [2.24, 2.45) is 0 Å². The van der Waals surface area contributed by atoms with Crippen LogP contribution >= 0.6 is 0 Å². The number of carbonyl (C=O) groups is 1. The Morgan fingerprint density at radius 1 is 1.11 bits per heavy atom. The molecule has 0 fully saturated rings. The fraction of sp³-hybridized carbons (Fsp3) is 0.143. The van der Waals surface area contributed by atoms with Crippen molar-refractivity contribution in [3.8, 4) is 11.5 Å². The molecule has 27 heavy (non-hydrogen) atoms. The van der Waals surface area contributed by atoms with Gasteiger partial charge in [0.05, 0.1) is 0 Å². The molecule has 2 heterocycles. The molecule has 6 nitrogen and oxygen atoms in total. The topological polar surface area (TPSA) is 80.4 Å². The van der Waals surface area contributed by atoms with Gasteiger partial charge in [-0.3, -0.25) is 9.59 Å². The van der Waals surface area contributed by atoms with Gasteiger partial charge in [0.2, 0.25) is 12.7 Å². The lowest BCUT2D eigenvalue weighted by Crippen LogP contribution is -2.23. The second-order valence-electron chi connectivity index (χ2n) is 6.20. The average Bonchev–Trinajstić information content (AvgIpc) is 3.14.